The minimum absolute atomic E-state index is 0.721. The van der Waals surface area contributed by atoms with Crippen LogP contribution in [0.3, 0.4) is 0 Å². The van der Waals surface area contributed by atoms with Crippen molar-refractivity contribution in [3.8, 4) is 10.7 Å². The summed E-state index contributed by atoms with van der Waals surface area (Å²) in [5.74, 6) is 1.59. The fourth-order valence-electron chi connectivity index (χ4n) is 1.72. The van der Waals surface area contributed by atoms with Crippen LogP contribution in [0.15, 0.2) is 10.5 Å². The molecule has 0 spiro atoms. The van der Waals surface area contributed by atoms with E-state index in [0.29, 0.717) is 0 Å². The predicted molar refractivity (Wildman–Crippen MR) is 81.7 cm³/mol. The zero-order chi connectivity index (χ0) is 13.3. The van der Waals surface area contributed by atoms with Crippen LogP contribution in [0, 0.1) is 6.92 Å². The van der Waals surface area contributed by atoms with Crippen LogP contribution in [-0.4, -0.2) is 17.0 Å². The van der Waals surface area contributed by atoms with E-state index >= 15 is 0 Å². The average molecular weight is 347 g/mol. The van der Waals surface area contributed by atoms with Gasteiger partial charge in [-0.3, -0.25) is 0 Å². The highest BCUT2D eigenvalue weighted by Gasteiger charge is 2.13. The lowest BCUT2D eigenvalue weighted by Crippen LogP contribution is -2.04. The quantitative estimate of drug-likeness (QED) is 0.887. The van der Waals surface area contributed by atoms with E-state index in [1.165, 1.54) is 11.3 Å². The smallest absolute Gasteiger partial charge is 0.171 e. The Bertz CT molecular complexity index is 538. The molecule has 0 atom stereocenters. The Hall–Kier alpha value is -0.650. The first-order valence-corrected chi connectivity index (χ1v) is 7.56. The molecular formula is C12H13BrClN3S. The van der Waals surface area contributed by atoms with Crippen LogP contribution >= 0.6 is 38.9 Å². The number of rotatable bonds is 3. The molecule has 0 aliphatic carbocycles. The van der Waals surface area contributed by atoms with E-state index < -0.39 is 0 Å². The van der Waals surface area contributed by atoms with Gasteiger partial charge in [0.2, 0.25) is 0 Å². The molecule has 0 aliphatic heterocycles. The summed E-state index contributed by atoms with van der Waals surface area (Å²) in [5, 5.41) is 3.11. The van der Waals surface area contributed by atoms with Gasteiger partial charge >= 0.3 is 0 Å². The van der Waals surface area contributed by atoms with Gasteiger partial charge in [0.25, 0.3) is 0 Å². The second-order valence-corrected chi connectivity index (χ2v) is 6.31. The number of nitrogens with zero attached hydrogens (tertiary/aromatic N) is 2. The van der Waals surface area contributed by atoms with E-state index in [1.807, 2.05) is 20.0 Å². The Morgan fingerprint density at radius 1 is 1.44 bits per heavy atom. The second kappa shape index (κ2) is 5.55. The lowest BCUT2D eigenvalue weighted by molar-refractivity contribution is 0.980. The van der Waals surface area contributed by atoms with Crippen LogP contribution in [0.25, 0.3) is 10.7 Å². The van der Waals surface area contributed by atoms with Crippen LogP contribution < -0.4 is 5.32 Å². The van der Waals surface area contributed by atoms with Crippen molar-refractivity contribution < 1.29 is 0 Å². The number of aryl methyl sites for hydroxylation is 1. The second-order valence-electron chi connectivity index (χ2n) is 3.80. The van der Waals surface area contributed by atoms with Crippen molar-refractivity contribution in [2.45, 2.75) is 20.3 Å². The number of halogens is 2. The van der Waals surface area contributed by atoms with Gasteiger partial charge in [-0.05, 0) is 35.3 Å². The zero-order valence-corrected chi connectivity index (χ0v) is 13.5. The zero-order valence-electron chi connectivity index (χ0n) is 10.3. The van der Waals surface area contributed by atoms with E-state index in [2.05, 4.69) is 38.1 Å². The first kappa shape index (κ1) is 13.8. The molecule has 0 saturated carbocycles. The van der Waals surface area contributed by atoms with Gasteiger partial charge < -0.3 is 5.32 Å². The molecule has 0 bridgehead atoms. The average Bonchev–Trinajstić information content (AvgIpc) is 2.70. The monoisotopic (exact) mass is 345 g/mol. The van der Waals surface area contributed by atoms with Crippen molar-refractivity contribution in [3.05, 3.63) is 26.1 Å². The van der Waals surface area contributed by atoms with E-state index in [-0.39, 0.29) is 0 Å². The fourth-order valence-corrected chi connectivity index (χ4v) is 3.35. The molecule has 0 aromatic carbocycles. The van der Waals surface area contributed by atoms with Crippen molar-refractivity contribution in [2.75, 3.05) is 12.4 Å². The minimum Gasteiger partial charge on any atom is -0.373 e. The topological polar surface area (TPSA) is 37.8 Å². The lowest BCUT2D eigenvalue weighted by atomic mass is 10.2. The van der Waals surface area contributed by atoms with Gasteiger partial charge in [0, 0.05) is 22.8 Å². The molecule has 2 heterocycles. The molecular weight excluding hydrogens is 334 g/mol. The van der Waals surface area contributed by atoms with Crippen LogP contribution in [0.2, 0.25) is 4.34 Å². The number of hydrogen-bond donors (Lipinski definition) is 1. The van der Waals surface area contributed by atoms with Crippen molar-refractivity contribution in [1.29, 1.82) is 0 Å². The van der Waals surface area contributed by atoms with Gasteiger partial charge in [-0.2, -0.15) is 0 Å². The Labute approximate surface area is 124 Å². The Kier molecular flexibility index (Phi) is 4.25. The van der Waals surface area contributed by atoms with Crippen molar-refractivity contribution >= 4 is 44.7 Å². The maximum absolute atomic E-state index is 6.06. The lowest BCUT2D eigenvalue weighted by Gasteiger charge is -2.10. The van der Waals surface area contributed by atoms with Gasteiger partial charge in [-0.15, -0.1) is 11.3 Å². The van der Waals surface area contributed by atoms with E-state index in [1.54, 1.807) is 0 Å². The summed E-state index contributed by atoms with van der Waals surface area (Å²) in [5.41, 5.74) is 2.16. The van der Waals surface area contributed by atoms with E-state index in [4.69, 9.17) is 11.6 Å². The summed E-state index contributed by atoms with van der Waals surface area (Å²) in [6.45, 7) is 4.13. The molecule has 1 N–H and O–H groups in total. The maximum atomic E-state index is 6.06. The molecule has 2 aromatic rings. The van der Waals surface area contributed by atoms with Crippen LogP contribution in [0.5, 0.6) is 0 Å². The molecule has 2 rings (SSSR count). The van der Waals surface area contributed by atoms with Crippen molar-refractivity contribution in [2.24, 2.45) is 0 Å². The van der Waals surface area contributed by atoms with Crippen molar-refractivity contribution in [3.63, 3.8) is 0 Å². The third-order valence-electron chi connectivity index (χ3n) is 2.68. The van der Waals surface area contributed by atoms with Gasteiger partial charge in [-0.25, -0.2) is 9.97 Å². The fraction of sp³-hybridized carbons (Fsp3) is 0.333. The summed E-state index contributed by atoms with van der Waals surface area (Å²) in [6, 6.07) is 1.95. The largest absolute Gasteiger partial charge is 0.373 e. The Morgan fingerprint density at radius 3 is 2.67 bits per heavy atom. The Morgan fingerprint density at radius 2 is 2.17 bits per heavy atom. The number of anilines is 1. The molecule has 2 aromatic heterocycles. The van der Waals surface area contributed by atoms with Crippen LogP contribution in [0.4, 0.5) is 5.82 Å². The van der Waals surface area contributed by atoms with Crippen LogP contribution in [-0.2, 0) is 6.42 Å². The summed E-state index contributed by atoms with van der Waals surface area (Å²) < 4.78 is 1.61. The molecule has 0 amide bonds. The van der Waals surface area contributed by atoms with Crippen LogP contribution in [0.1, 0.15) is 18.2 Å². The summed E-state index contributed by atoms with van der Waals surface area (Å²) >= 11 is 10.9. The molecule has 0 unspecified atom stereocenters. The molecule has 0 aliphatic rings. The third kappa shape index (κ3) is 2.53. The third-order valence-corrected chi connectivity index (χ3v) is 5.15. The molecule has 0 radical (unpaired) electrons. The number of nitrogens with one attached hydrogen (secondary N) is 1. The van der Waals surface area contributed by atoms with Gasteiger partial charge in [0.05, 0.1) is 4.88 Å². The van der Waals surface area contributed by atoms with Crippen molar-refractivity contribution in [1.82, 2.24) is 9.97 Å². The van der Waals surface area contributed by atoms with Gasteiger partial charge in [-0.1, -0.05) is 18.5 Å². The highest BCUT2D eigenvalue weighted by molar-refractivity contribution is 9.10. The van der Waals surface area contributed by atoms with E-state index in [9.17, 15) is 0 Å². The highest BCUT2D eigenvalue weighted by atomic mass is 79.9. The summed E-state index contributed by atoms with van der Waals surface area (Å²) in [7, 11) is 1.87. The van der Waals surface area contributed by atoms with Gasteiger partial charge in [0.15, 0.2) is 5.82 Å². The predicted octanol–water partition coefficient (Wildman–Crippen LogP) is 4.53. The Balaban J connectivity index is 2.57. The van der Waals surface area contributed by atoms with Gasteiger partial charge in [0.1, 0.15) is 10.2 Å². The number of aromatic nitrogens is 2. The normalized spacial score (nSPS) is 10.7. The summed E-state index contributed by atoms with van der Waals surface area (Å²) in [4.78, 5) is 10.1. The molecule has 96 valence electrons. The number of hydrogen-bond acceptors (Lipinski definition) is 4. The highest BCUT2D eigenvalue weighted by Crippen LogP contribution is 2.37. The molecule has 18 heavy (non-hydrogen) atoms. The molecule has 0 fully saturated rings. The SMILES string of the molecule is CCc1nc(-c2cc(Br)c(Cl)s2)nc(NC)c1C. The van der Waals surface area contributed by atoms with E-state index in [0.717, 1.165) is 43.0 Å². The molecule has 6 heteroatoms. The summed E-state index contributed by atoms with van der Waals surface area (Å²) in [6.07, 6.45) is 0.885. The molecule has 0 saturated heterocycles. The first-order chi connectivity index (χ1) is 8.56. The first-order valence-electron chi connectivity index (χ1n) is 5.57. The minimum atomic E-state index is 0.721. The standard InChI is InChI=1S/C12H13BrClN3S/c1-4-8-6(2)11(15-3)17-12(16-8)9-5-7(13)10(14)18-9/h5H,4H2,1-3H3,(H,15,16,17). The number of thiophene rings is 1. The molecule has 3 nitrogen and oxygen atoms in total. The maximum Gasteiger partial charge on any atom is 0.171 e.